The molecule has 1 unspecified atom stereocenters. The van der Waals surface area contributed by atoms with E-state index in [1.807, 2.05) is 0 Å². The van der Waals surface area contributed by atoms with Crippen LogP contribution in [-0.2, 0) is 0 Å². The average Bonchev–Trinajstić information content (AvgIpc) is 2.11. The van der Waals surface area contributed by atoms with E-state index in [0.29, 0.717) is 5.38 Å². The Morgan fingerprint density at radius 3 is 2.46 bits per heavy atom. The van der Waals surface area contributed by atoms with E-state index in [9.17, 15) is 0 Å². The van der Waals surface area contributed by atoms with Gasteiger partial charge in [-0.3, -0.25) is 0 Å². The molecule has 0 aromatic rings. The van der Waals surface area contributed by atoms with E-state index in [0.717, 1.165) is 12.8 Å². The van der Waals surface area contributed by atoms with Crippen molar-refractivity contribution >= 4 is 11.6 Å². The van der Waals surface area contributed by atoms with Crippen molar-refractivity contribution in [1.29, 1.82) is 0 Å². The third-order valence-corrected chi connectivity index (χ3v) is 2.68. The molecule has 13 heavy (non-hydrogen) atoms. The molecule has 1 atom stereocenters. The van der Waals surface area contributed by atoms with Crippen molar-refractivity contribution in [3.05, 3.63) is 6.42 Å². The van der Waals surface area contributed by atoms with Gasteiger partial charge in [-0.1, -0.05) is 52.4 Å². The molecule has 0 aromatic heterocycles. The second-order valence-corrected chi connectivity index (χ2v) is 4.38. The first-order valence-electron chi connectivity index (χ1n) is 5.77. The van der Waals surface area contributed by atoms with Crippen LogP contribution in [-0.4, -0.2) is 5.38 Å². The van der Waals surface area contributed by atoms with Crippen molar-refractivity contribution in [3.8, 4) is 0 Å². The average molecular weight is 204 g/mol. The van der Waals surface area contributed by atoms with E-state index in [-0.39, 0.29) is 0 Å². The molecule has 0 spiro atoms. The molecular formula is C12H24Cl. The molecule has 0 heterocycles. The summed E-state index contributed by atoms with van der Waals surface area (Å²) in [4.78, 5) is 0. The van der Waals surface area contributed by atoms with Gasteiger partial charge in [-0.05, 0) is 19.3 Å². The van der Waals surface area contributed by atoms with E-state index >= 15 is 0 Å². The van der Waals surface area contributed by atoms with Gasteiger partial charge in [-0.15, -0.1) is 11.6 Å². The first-order chi connectivity index (χ1) is 6.31. The van der Waals surface area contributed by atoms with Crippen LogP contribution in [0.1, 0.15) is 65.2 Å². The van der Waals surface area contributed by atoms with Crippen molar-refractivity contribution in [1.82, 2.24) is 0 Å². The highest BCUT2D eigenvalue weighted by molar-refractivity contribution is 6.20. The van der Waals surface area contributed by atoms with Gasteiger partial charge >= 0.3 is 0 Å². The molecule has 0 saturated carbocycles. The van der Waals surface area contributed by atoms with Gasteiger partial charge < -0.3 is 0 Å². The van der Waals surface area contributed by atoms with Gasteiger partial charge in [0.2, 0.25) is 0 Å². The lowest BCUT2D eigenvalue weighted by Gasteiger charge is -2.06. The summed E-state index contributed by atoms with van der Waals surface area (Å²) in [6.07, 6.45) is 12.5. The topological polar surface area (TPSA) is 0 Å². The smallest absolute Gasteiger partial charge is 0.0338 e. The number of hydrogen-bond acceptors (Lipinski definition) is 0. The maximum absolute atomic E-state index is 6.09. The lowest BCUT2D eigenvalue weighted by molar-refractivity contribution is 0.636. The summed E-state index contributed by atoms with van der Waals surface area (Å²) in [6.45, 7) is 4.44. The summed E-state index contributed by atoms with van der Waals surface area (Å²) >= 11 is 6.09. The molecular weight excluding hydrogens is 180 g/mol. The fraction of sp³-hybridized carbons (Fsp3) is 0.917. The number of alkyl halides is 1. The van der Waals surface area contributed by atoms with Gasteiger partial charge in [0.05, 0.1) is 0 Å². The molecule has 1 heteroatoms. The van der Waals surface area contributed by atoms with Gasteiger partial charge in [-0.25, -0.2) is 0 Å². The summed E-state index contributed by atoms with van der Waals surface area (Å²) in [5.41, 5.74) is 0. The Balaban J connectivity index is 2.97. The van der Waals surface area contributed by atoms with Crippen LogP contribution in [0.15, 0.2) is 0 Å². The minimum Gasteiger partial charge on any atom is -0.123 e. The lowest BCUT2D eigenvalue weighted by Crippen LogP contribution is -1.97. The van der Waals surface area contributed by atoms with Crippen molar-refractivity contribution in [2.75, 3.05) is 0 Å². The van der Waals surface area contributed by atoms with Crippen LogP contribution < -0.4 is 0 Å². The van der Waals surface area contributed by atoms with E-state index in [1.165, 1.54) is 38.5 Å². The molecule has 0 nitrogen and oxygen atoms in total. The van der Waals surface area contributed by atoms with E-state index in [1.54, 1.807) is 0 Å². The zero-order valence-electron chi connectivity index (χ0n) is 9.19. The molecule has 0 rings (SSSR count). The summed E-state index contributed by atoms with van der Waals surface area (Å²) in [5.74, 6) is 0. The molecule has 0 aliphatic rings. The van der Waals surface area contributed by atoms with Crippen LogP contribution in [0.25, 0.3) is 0 Å². The Bertz CT molecular complexity index is 91.1. The van der Waals surface area contributed by atoms with E-state index in [2.05, 4.69) is 20.3 Å². The molecule has 1 radical (unpaired) electrons. The first kappa shape index (κ1) is 13.3. The molecule has 79 valence electrons. The molecule has 0 amide bonds. The second-order valence-electron chi connectivity index (χ2n) is 3.76. The maximum atomic E-state index is 6.09. The monoisotopic (exact) mass is 203 g/mol. The largest absolute Gasteiger partial charge is 0.123 e. The second kappa shape index (κ2) is 10.4. The Morgan fingerprint density at radius 2 is 1.85 bits per heavy atom. The quantitative estimate of drug-likeness (QED) is 0.367. The molecule has 0 N–H and O–H groups in total. The van der Waals surface area contributed by atoms with Gasteiger partial charge in [0.15, 0.2) is 0 Å². The highest BCUT2D eigenvalue weighted by Crippen LogP contribution is 2.14. The molecule has 0 fully saturated rings. The zero-order chi connectivity index (χ0) is 9.94. The van der Waals surface area contributed by atoms with Crippen molar-refractivity contribution in [2.45, 2.75) is 70.6 Å². The Labute approximate surface area is 89.1 Å². The molecule has 0 aliphatic heterocycles. The zero-order valence-corrected chi connectivity index (χ0v) is 9.95. The molecule has 0 bridgehead atoms. The lowest BCUT2D eigenvalue weighted by atomic mass is 10.1. The van der Waals surface area contributed by atoms with Crippen LogP contribution in [0, 0.1) is 6.42 Å². The third kappa shape index (κ3) is 10.2. The van der Waals surface area contributed by atoms with Crippen LogP contribution in [0.5, 0.6) is 0 Å². The van der Waals surface area contributed by atoms with Gasteiger partial charge in [0, 0.05) is 5.38 Å². The van der Waals surface area contributed by atoms with Crippen molar-refractivity contribution in [3.63, 3.8) is 0 Å². The number of halogens is 1. The fourth-order valence-electron chi connectivity index (χ4n) is 1.45. The maximum Gasteiger partial charge on any atom is 0.0338 e. The Kier molecular flexibility index (Phi) is 10.6. The normalized spacial score (nSPS) is 13.2. The predicted molar refractivity (Wildman–Crippen MR) is 62.2 cm³/mol. The summed E-state index contributed by atoms with van der Waals surface area (Å²) in [6, 6.07) is 0. The number of hydrogen-bond donors (Lipinski definition) is 0. The SMILES string of the molecule is CCCCCC[CH]CC(Cl)CCC. The minimum absolute atomic E-state index is 0.385. The van der Waals surface area contributed by atoms with Gasteiger partial charge in [0.25, 0.3) is 0 Å². The highest BCUT2D eigenvalue weighted by atomic mass is 35.5. The standard InChI is InChI=1S/C12H24Cl/c1-3-5-6-7-8-9-11-12(13)10-4-2/h9,12H,3-8,10-11H2,1-2H3. The van der Waals surface area contributed by atoms with E-state index in [4.69, 9.17) is 11.6 Å². The summed E-state index contributed by atoms with van der Waals surface area (Å²) in [5, 5.41) is 0.385. The molecule has 0 saturated heterocycles. The Hall–Kier alpha value is 0.290. The van der Waals surface area contributed by atoms with Crippen molar-refractivity contribution < 1.29 is 0 Å². The third-order valence-electron chi connectivity index (χ3n) is 2.29. The van der Waals surface area contributed by atoms with Crippen LogP contribution in [0.3, 0.4) is 0 Å². The van der Waals surface area contributed by atoms with Crippen LogP contribution in [0.2, 0.25) is 0 Å². The predicted octanol–water partition coefficient (Wildman–Crippen LogP) is 4.96. The Morgan fingerprint density at radius 1 is 1.08 bits per heavy atom. The van der Waals surface area contributed by atoms with Gasteiger partial charge in [-0.2, -0.15) is 0 Å². The number of unbranched alkanes of at least 4 members (excludes halogenated alkanes) is 5. The van der Waals surface area contributed by atoms with Crippen LogP contribution in [0.4, 0.5) is 0 Å². The summed E-state index contributed by atoms with van der Waals surface area (Å²) < 4.78 is 0. The minimum atomic E-state index is 0.385. The van der Waals surface area contributed by atoms with E-state index < -0.39 is 0 Å². The van der Waals surface area contributed by atoms with Gasteiger partial charge in [0.1, 0.15) is 0 Å². The number of rotatable bonds is 9. The fourth-order valence-corrected chi connectivity index (χ4v) is 1.79. The van der Waals surface area contributed by atoms with Crippen molar-refractivity contribution in [2.24, 2.45) is 0 Å². The first-order valence-corrected chi connectivity index (χ1v) is 6.20. The molecule has 0 aliphatic carbocycles. The summed E-state index contributed by atoms with van der Waals surface area (Å²) in [7, 11) is 0. The highest BCUT2D eigenvalue weighted by Gasteiger charge is 2.01. The van der Waals surface area contributed by atoms with Crippen LogP contribution >= 0.6 is 11.6 Å². The molecule has 0 aromatic carbocycles.